The van der Waals surface area contributed by atoms with E-state index in [1.54, 1.807) is 0 Å². The van der Waals surface area contributed by atoms with E-state index in [9.17, 15) is 0 Å². The molecule has 88 valence electrons. The van der Waals surface area contributed by atoms with E-state index in [0.717, 1.165) is 11.9 Å². The zero-order valence-electron chi connectivity index (χ0n) is 9.82. The van der Waals surface area contributed by atoms with Crippen molar-refractivity contribution in [3.63, 3.8) is 0 Å². The van der Waals surface area contributed by atoms with Crippen molar-refractivity contribution < 1.29 is 0 Å². The lowest BCUT2D eigenvalue weighted by atomic mass is 10.1. The largest absolute Gasteiger partial charge is 0.347 e. The Morgan fingerprint density at radius 2 is 2.44 bits per heavy atom. The van der Waals surface area contributed by atoms with E-state index < -0.39 is 0 Å². The van der Waals surface area contributed by atoms with Crippen LogP contribution >= 0.6 is 0 Å². The summed E-state index contributed by atoms with van der Waals surface area (Å²) in [5.41, 5.74) is 0. The second kappa shape index (κ2) is 4.18. The first-order chi connectivity index (χ1) is 7.84. The Morgan fingerprint density at radius 1 is 1.50 bits per heavy atom. The van der Waals surface area contributed by atoms with E-state index in [2.05, 4.69) is 27.1 Å². The molecule has 0 aliphatic carbocycles. The van der Waals surface area contributed by atoms with Gasteiger partial charge in [0.05, 0.1) is 6.04 Å². The molecule has 4 heteroatoms. The zero-order valence-corrected chi connectivity index (χ0v) is 9.82. The highest BCUT2D eigenvalue weighted by Crippen LogP contribution is 2.29. The Morgan fingerprint density at radius 3 is 3.25 bits per heavy atom. The Labute approximate surface area is 96.4 Å². The molecule has 2 N–H and O–H groups in total. The number of nitrogens with one attached hydrogen (secondary N) is 2. The fourth-order valence-electron chi connectivity index (χ4n) is 3.19. The molecule has 3 atom stereocenters. The molecule has 1 aromatic rings. The minimum Gasteiger partial charge on any atom is -0.347 e. The van der Waals surface area contributed by atoms with Crippen LogP contribution in [0.1, 0.15) is 38.1 Å². The van der Waals surface area contributed by atoms with Crippen LogP contribution in [0.25, 0.3) is 0 Å². The highest BCUT2D eigenvalue weighted by molar-refractivity contribution is 5.00. The topological polar surface area (TPSA) is 44.0 Å². The molecule has 1 aromatic heterocycles. The van der Waals surface area contributed by atoms with Crippen LogP contribution in [0.4, 0.5) is 0 Å². The maximum absolute atomic E-state index is 4.31. The van der Waals surface area contributed by atoms with Crippen molar-refractivity contribution in [2.24, 2.45) is 0 Å². The van der Waals surface area contributed by atoms with Crippen LogP contribution in [0.15, 0.2) is 12.4 Å². The van der Waals surface area contributed by atoms with Gasteiger partial charge < -0.3 is 10.3 Å². The summed E-state index contributed by atoms with van der Waals surface area (Å²) < 4.78 is 0. The first kappa shape index (κ1) is 10.3. The van der Waals surface area contributed by atoms with Gasteiger partial charge in [-0.15, -0.1) is 0 Å². The number of fused-ring (bicyclic) bond motifs is 1. The van der Waals surface area contributed by atoms with Crippen molar-refractivity contribution in [3.8, 4) is 0 Å². The summed E-state index contributed by atoms with van der Waals surface area (Å²) >= 11 is 0. The summed E-state index contributed by atoms with van der Waals surface area (Å²) in [5, 5.41) is 3.72. The van der Waals surface area contributed by atoms with Crippen LogP contribution in [0.5, 0.6) is 0 Å². The molecule has 2 aliphatic heterocycles. The number of H-pyrrole nitrogens is 1. The highest BCUT2D eigenvalue weighted by atomic mass is 15.2. The van der Waals surface area contributed by atoms with Crippen LogP contribution in [-0.4, -0.2) is 40.0 Å². The Balaban J connectivity index is 1.62. The first-order valence-electron chi connectivity index (χ1n) is 6.34. The van der Waals surface area contributed by atoms with Crippen molar-refractivity contribution in [3.05, 3.63) is 18.2 Å². The molecule has 2 fully saturated rings. The van der Waals surface area contributed by atoms with Crippen molar-refractivity contribution in [1.82, 2.24) is 20.2 Å². The van der Waals surface area contributed by atoms with Gasteiger partial charge in [-0.3, -0.25) is 4.90 Å². The third-order valence-corrected chi connectivity index (χ3v) is 4.00. The molecule has 3 unspecified atom stereocenters. The lowest BCUT2D eigenvalue weighted by Crippen LogP contribution is -2.40. The standard InChI is InChI=1S/C12H20N4/c1-9(12-13-5-6-14-12)15-10-4-8-16-7-2-3-11(10)16/h5-6,9-11,15H,2-4,7-8H2,1H3,(H,13,14). The van der Waals surface area contributed by atoms with E-state index in [0.29, 0.717) is 12.1 Å². The Kier molecular flexibility index (Phi) is 2.69. The van der Waals surface area contributed by atoms with Gasteiger partial charge >= 0.3 is 0 Å². The maximum Gasteiger partial charge on any atom is 0.122 e. The van der Waals surface area contributed by atoms with Gasteiger partial charge in [0, 0.05) is 31.0 Å². The molecule has 3 heterocycles. The molecule has 0 radical (unpaired) electrons. The van der Waals surface area contributed by atoms with Crippen LogP contribution in [0.2, 0.25) is 0 Å². The fourth-order valence-corrected chi connectivity index (χ4v) is 3.19. The molecule has 16 heavy (non-hydrogen) atoms. The molecule has 0 amide bonds. The van der Waals surface area contributed by atoms with E-state index >= 15 is 0 Å². The van der Waals surface area contributed by atoms with E-state index in [1.807, 2.05) is 12.4 Å². The minimum absolute atomic E-state index is 0.334. The second-order valence-corrected chi connectivity index (χ2v) is 5.00. The number of rotatable bonds is 3. The maximum atomic E-state index is 4.31. The predicted octanol–water partition coefficient (Wildman–Crippen LogP) is 1.30. The van der Waals surface area contributed by atoms with E-state index in [4.69, 9.17) is 0 Å². The molecule has 4 nitrogen and oxygen atoms in total. The summed E-state index contributed by atoms with van der Waals surface area (Å²) in [7, 11) is 0. The smallest absolute Gasteiger partial charge is 0.122 e. The number of hydrogen-bond acceptors (Lipinski definition) is 3. The predicted molar refractivity (Wildman–Crippen MR) is 63.1 cm³/mol. The van der Waals surface area contributed by atoms with Crippen LogP contribution in [-0.2, 0) is 0 Å². The summed E-state index contributed by atoms with van der Waals surface area (Å²) in [4.78, 5) is 10.1. The van der Waals surface area contributed by atoms with Crippen molar-refractivity contribution in [2.75, 3.05) is 13.1 Å². The SMILES string of the molecule is CC(NC1CCN2CCCC12)c1ncc[nH]1. The van der Waals surface area contributed by atoms with E-state index in [1.165, 1.54) is 32.4 Å². The molecule has 2 aliphatic rings. The average Bonchev–Trinajstić information content (AvgIpc) is 2.94. The van der Waals surface area contributed by atoms with Gasteiger partial charge in [0.15, 0.2) is 0 Å². The van der Waals surface area contributed by atoms with Gasteiger partial charge in [-0.25, -0.2) is 4.98 Å². The van der Waals surface area contributed by atoms with Gasteiger partial charge in [0.1, 0.15) is 5.82 Å². The van der Waals surface area contributed by atoms with Crippen molar-refractivity contribution in [1.29, 1.82) is 0 Å². The van der Waals surface area contributed by atoms with Crippen LogP contribution in [0.3, 0.4) is 0 Å². The quantitative estimate of drug-likeness (QED) is 0.807. The van der Waals surface area contributed by atoms with Gasteiger partial charge in [0.25, 0.3) is 0 Å². The molecular weight excluding hydrogens is 200 g/mol. The number of imidazole rings is 1. The molecule has 0 saturated carbocycles. The summed E-state index contributed by atoms with van der Waals surface area (Å²) in [5.74, 6) is 1.05. The zero-order chi connectivity index (χ0) is 11.0. The van der Waals surface area contributed by atoms with Gasteiger partial charge in [-0.05, 0) is 32.7 Å². The van der Waals surface area contributed by atoms with Crippen LogP contribution in [0, 0.1) is 0 Å². The summed E-state index contributed by atoms with van der Waals surface area (Å²) in [6, 6.07) is 1.76. The van der Waals surface area contributed by atoms with Gasteiger partial charge in [0.2, 0.25) is 0 Å². The monoisotopic (exact) mass is 220 g/mol. The molecule has 0 spiro atoms. The Bertz CT molecular complexity index is 335. The third-order valence-electron chi connectivity index (χ3n) is 4.00. The number of aromatic nitrogens is 2. The highest BCUT2D eigenvalue weighted by Gasteiger charge is 2.37. The molecular formula is C12H20N4. The Hall–Kier alpha value is -0.870. The lowest BCUT2D eigenvalue weighted by Gasteiger charge is -2.24. The number of hydrogen-bond donors (Lipinski definition) is 2. The van der Waals surface area contributed by atoms with Gasteiger partial charge in [-0.2, -0.15) is 0 Å². The molecule has 0 bridgehead atoms. The number of nitrogens with zero attached hydrogens (tertiary/aromatic N) is 2. The molecule has 2 saturated heterocycles. The molecule has 0 aromatic carbocycles. The molecule has 3 rings (SSSR count). The van der Waals surface area contributed by atoms with E-state index in [-0.39, 0.29) is 0 Å². The van der Waals surface area contributed by atoms with Crippen molar-refractivity contribution in [2.45, 2.75) is 44.3 Å². The normalized spacial score (nSPS) is 31.8. The first-order valence-corrected chi connectivity index (χ1v) is 6.34. The van der Waals surface area contributed by atoms with Gasteiger partial charge in [-0.1, -0.05) is 0 Å². The third kappa shape index (κ3) is 1.76. The minimum atomic E-state index is 0.334. The van der Waals surface area contributed by atoms with Crippen molar-refractivity contribution >= 4 is 0 Å². The summed E-state index contributed by atoms with van der Waals surface area (Å²) in [6.45, 7) is 4.77. The summed E-state index contributed by atoms with van der Waals surface area (Å²) in [6.07, 6.45) is 7.74. The second-order valence-electron chi connectivity index (χ2n) is 5.00. The van der Waals surface area contributed by atoms with Crippen LogP contribution < -0.4 is 5.32 Å². The fraction of sp³-hybridized carbons (Fsp3) is 0.750. The lowest BCUT2D eigenvalue weighted by molar-refractivity contribution is 0.290. The average molecular weight is 220 g/mol. The number of aromatic amines is 1.